The van der Waals surface area contributed by atoms with E-state index in [1.54, 1.807) is 37.1 Å². The fraction of sp³-hybridized carbons (Fsp3) is 0.250. The molecule has 0 unspecified atom stereocenters. The van der Waals surface area contributed by atoms with Crippen molar-refractivity contribution < 1.29 is 9.53 Å². The number of carbonyl (C=O) groups is 1. The minimum Gasteiger partial charge on any atom is -0.496 e. The molecule has 1 aromatic heterocycles. The van der Waals surface area contributed by atoms with Crippen molar-refractivity contribution in [3.63, 3.8) is 0 Å². The molecule has 0 fully saturated rings. The van der Waals surface area contributed by atoms with Crippen molar-refractivity contribution in [1.29, 1.82) is 0 Å². The number of nitrogens with one attached hydrogen (secondary N) is 2. The molecule has 6 nitrogen and oxygen atoms in total. The first-order valence-electron chi connectivity index (χ1n) is 8.90. The van der Waals surface area contributed by atoms with Crippen LogP contribution in [0.1, 0.15) is 5.56 Å². The molecule has 3 aromatic rings. The smallest absolute Gasteiger partial charge is 0.230 e. The summed E-state index contributed by atoms with van der Waals surface area (Å²) in [6, 6.07) is 13.6. The molecule has 0 bridgehead atoms. The monoisotopic (exact) mass is 448 g/mol. The Bertz CT molecular complexity index is 963. The van der Waals surface area contributed by atoms with Crippen LogP contribution >= 0.6 is 35.1 Å². The first-order valence-corrected chi connectivity index (χ1v) is 11.3. The largest absolute Gasteiger partial charge is 0.496 e. The van der Waals surface area contributed by atoms with E-state index >= 15 is 0 Å². The second-order valence-corrected chi connectivity index (χ2v) is 8.66. The molecule has 0 aliphatic carbocycles. The van der Waals surface area contributed by atoms with Gasteiger partial charge in [0, 0.05) is 22.2 Å². The number of hydrogen-bond acceptors (Lipinski definition) is 6. The molecule has 9 heteroatoms. The van der Waals surface area contributed by atoms with Crippen molar-refractivity contribution in [3.8, 4) is 17.1 Å². The van der Waals surface area contributed by atoms with Gasteiger partial charge in [0.2, 0.25) is 11.1 Å². The van der Waals surface area contributed by atoms with Gasteiger partial charge >= 0.3 is 0 Å². The average Bonchev–Trinajstić information content (AvgIpc) is 3.20. The molecule has 0 aliphatic rings. The number of hydrogen-bond donors (Lipinski definition) is 2. The van der Waals surface area contributed by atoms with E-state index in [1.807, 2.05) is 0 Å². The zero-order chi connectivity index (χ0) is 20.6. The summed E-state index contributed by atoms with van der Waals surface area (Å²) in [6.45, 7) is 2.67. The average molecular weight is 449 g/mol. The Morgan fingerprint density at radius 3 is 2.76 bits per heavy atom. The van der Waals surface area contributed by atoms with Gasteiger partial charge in [-0.2, -0.15) is 0 Å². The highest BCUT2D eigenvalue weighted by Crippen LogP contribution is 2.31. The van der Waals surface area contributed by atoms with Gasteiger partial charge in [0.1, 0.15) is 5.75 Å². The molecule has 29 heavy (non-hydrogen) atoms. The molecule has 1 amide bonds. The van der Waals surface area contributed by atoms with Gasteiger partial charge in [-0.05, 0) is 37.3 Å². The number of rotatable bonds is 9. The fourth-order valence-corrected chi connectivity index (χ4v) is 4.04. The number of nitrogens with zero attached hydrogens (tertiary/aromatic N) is 2. The van der Waals surface area contributed by atoms with Gasteiger partial charge in [-0.15, -0.1) is 16.9 Å². The van der Waals surface area contributed by atoms with Crippen LogP contribution in [0.4, 0.5) is 0 Å². The van der Waals surface area contributed by atoms with Crippen LogP contribution in [0.25, 0.3) is 11.4 Å². The number of amides is 1. The van der Waals surface area contributed by atoms with Crippen LogP contribution in [0, 0.1) is 6.92 Å². The van der Waals surface area contributed by atoms with Gasteiger partial charge < -0.3 is 10.1 Å². The number of aromatic nitrogens is 3. The predicted octanol–water partition coefficient (Wildman–Crippen LogP) is 4.44. The minimum absolute atomic E-state index is 0.0498. The normalized spacial score (nSPS) is 10.7. The lowest BCUT2D eigenvalue weighted by Crippen LogP contribution is -2.27. The van der Waals surface area contributed by atoms with Crippen molar-refractivity contribution in [2.75, 3.05) is 25.2 Å². The topological polar surface area (TPSA) is 79.9 Å². The highest BCUT2D eigenvalue weighted by molar-refractivity contribution is 7.99. The number of aryl methyl sites for hydroxylation is 1. The molecule has 3 rings (SSSR count). The van der Waals surface area contributed by atoms with Crippen LogP contribution in [0.5, 0.6) is 5.75 Å². The number of thioether (sulfide) groups is 2. The SMILES string of the molecule is COc1ccc(Cl)cc1-c1nc(SCC(=O)NCCSc2ccc(C)cc2)n[nH]1. The first kappa shape index (κ1) is 21.5. The molecule has 0 aliphatic heterocycles. The summed E-state index contributed by atoms with van der Waals surface area (Å²) in [5.41, 5.74) is 1.96. The summed E-state index contributed by atoms with van der Waals surface area (Å²) in [7, 11) is 1.58. The van der Waals surface area contributed by atoms with Gasteiger partial charge in [0.25, 0.3) is 0 Å². The van der Waals surface area contributed by atoms with Gasteiger partial charge in [-0.1, -0.05) is 41.1 Å². The number of ether oxygens (including phenoxy) is 1. The molecule has 1 heterocycles. The quantitative estimate of drug-likeness (QED) is 0.372. The van der Waals surface area contributed by atoms with Crippen molar-refractivity contribution in [2.45, 2.75) is 17.0 Å². The number of methoxy groups -OCH3 is 1. The van der Waals surface area contributed by atoms with Crippen LogP contribution in [-0.4, -0.2) is 46.2 Å². The standard InChI is InChI=1S/C20H21ClN4O2S2/c1-13-3-6-15(7-4-13)28-10-9-22-18(26)12-29-20-23-19(24-25-20)16-11-14(21)5-8-17(16)27-2/h3-8,11H,9-10,12H2,1-2H3,(H,22,26)(H,23,24,25). The Labute approximate surface area is 183 Å². The molecule has 0 radical (unpaired) electrons. The molecule has 2 aromatic carbocycles. The summed E-state index contributed by atoms with van der Waals surface area (Å²) in [6.07, 6.45) is 0. The molecule has 0 atom stereocenters. The fourth-order valence-electron chi connectivity index (χ4n) is 2.47. The van der Waals surface area contributed by atoms with E-state index in [2.05, 4.69) is 51.7 Å². The Hall–Kier alpha value is -2.16. The number of aromatic amines is 1. The molecule has 152 valence electrons. The van der Waals surface area contributed by atoms with E-state index in [0.29, 0.717) is 28.3 Å². The molecule has 0 saturated carbocycles. The van der Waals surface area contributed by atoms with Crippen molar-refractivity contribution in [1.82, 2.24) is 20.5 Å². The maximum Gasteiger partial charge on any atom is 0.230 e. The van der Waals surface area contributed by atoms with Crippen molar-refractivity contribution >= 4 is 41.0 Å². The second-order valence-electron chi connectivity index (χ2n) is 6.11. The van der Waals surface area contributed by atoms with E-state index in [0.717, 1.165) is 11.3 Å². The lowest BCUT2D eigenvalue weighted by Gasteiger charge is -2.05. The van der Waals surface area contributed by atoms with Gasteiger partial charge in [0.15, 0.2) is 5.82 Å². The maximum atomic E-state index is 12.0. The Kier molecular flexibility index (Phi) is 7.85. The summed E-state index contributed by atoms with van der Waals surface area (Å²) in [5, 5.41) is 11.0. The summed E-state index contributed by atoms with van der Waals surface area (Å²) in [4.78, 5) is 17.7. The van der Waals surface area contributed by atoms with E-state index in [-0.39, 0.29) is 11.7 Å². The van der Waals surface area contributed by atoms with Crippen LogP contribution in [0.3, 0.4) is 0 Å². The molecule has 2 N–H and O–H groups in total. The van der Waals surface area contributed by atoms with Crippen molar-refractivity contribution in [3.05, 3.63) is 53.1 Å². The third kappa shape index (κ3) is 6.42. The number of carbonyl (C=O) groups excluding carboxylic acids is 1. The number of benzene rings is 2. The highest BCUT2D eigenvalue weighted by Gasteiger charge is 2.13. The third-order valence-corrected chi connectivity index (χ3v) is 6.02. The summed E-state index contributed by atoms with van der Waals surface area (Å²) in [5.74, 6) is 2.21. The molecule has 0 saturated heterocycles. The minimum atomic E-state index is -0.0498. The predicted molar refractivity (Wildman–Crippen MR) is 119 cm³/mol. The zero-order valence-electron chi connectivity index (χ0n) is 16.1. The lowest BCUT2D eigenvalue weighted by atomic mass is 10.2. The zero-order valence-corrected chi connectivity index (χ0v) is 18.5. The number of H-pyrrole nitrogens is 1. The van der Waals surface area contributed by atoms with Crippen LogP contribution in [-0.2, 0) is 4.79 Å². The van der Waals surface area contributed by atoms with E-state index < -0.39 is 0 Å². The first-order chi connectivity index (χ1) is 14.0. The van der Waals surface area contributed by atoms with Gasteiger partial charge in [0.05, 0.1) is 18.4 Å². The van der Waals surface area contributed by atoms with E-state index in [4.69, 9.17) is 16.3 Å². The third-order valence-electron chi connectivity index (χ3n) is 3.93. The summed E-state index contributed by atoms with van der Waals surface area (Å²) >= 11 is 9.05. The Morgan fingerprint density at radius 1 is 1.21 bits per heavy atom. The Morgan fingerprint density at radius 2 is 2.00 bits per heavy atom. The summed E-state index contributed by atoms with van der Waals surface area (Å²) < 4.78 is 5.34. The lowest BCUT2D eigenvalue weighted by molar-refractivity contribution is -0.118. The van der Waals surface area contributed by atoms with Gasteiger partial charge in [-0.25, -0.2) is 4.98 Å². The number of halogens is 1. The molecular weight excluding hydrogens is 428 g/mol. The van der Waals surface area contributed by atoms with E-state index in [1.165, 1.54) is 22.2 Å². The van der Waals surface area contributed by atoms with Crippen LogP contribution < -0.4 is 10.1 Å². The highest BCUT2D eigenvalue weighted by atomic mass is 35.5. The Balaban J connectivity index is 1.44. The van der Waals surface area contributed by atoms with E-state index in [9.17, 15) is 4.79 Å². The van der Waals surface area contributed by atoms with Crippen LogP contribution in [0.2, 0.25) is 5.02 Å². The van der Waals surface area contributed by atoms with Gasteiger partial charge in [-0.3, -0.25) is 9.89 Å². The molecular formula is C20H21ClN4O2S2. The van der Waals surface area contributed by atoms with Crippen LogP contribution in [0.15, 0.2) is 52.5 Å². The van der Waals surface area contributed by atoms with Crippen molar-refractivity contribution in [2.24, 2.45) is 0 Å². The molecule has 0 spiro atoms. The second kappa shape index (κ2) is 10.6. The maximum absolute atomic E-state index is 12.0.